The molecule has 0 aliphatic heterocycles. The summed E-state index contributed by atoms with van der Waals surface area (Å²) in [5.41, 5.74) is -3.42. The summed E-state index contributed by atoms with van der Waals surface area (Å²) in [6.45, 7) is 6.93. The fourth-order valence-electron chi connectivity index (χ4n) is 3.52. The van der Waals surface area contributed by atoms with Crippen molar-refractivity contribution in [2.45, 2.75) is 57.1 Å². The summed E-state index contributed by atoms with van der Waals surface area (Å²) in [6.07, 6.45) is -7.63. The van der Waals surface area contributed by atoms with Crippen LogP contribution in [0.2, 0.25) is 0 Å². The number of unbranched alkanes of at least 4 members (excludes halogenated alkanes) is 1. The molecule has 0 saturated carbocycles. The lowest BCUT2D eigenvalue weighted by Gasteiger charge is -2.35. The highest BCUT2D eigenvalue weighted by Crippen LogP contribution is 2.38. The zero-order valence-electron chi connectivity index (χ0n) is 19.5. The van der Waals surface area contributed by atoms with Crippen LogP contribution < -0.4 is 4.72 Å². The molecular weight excluding hydrogens is 492 g/mol. The van der Waals surface area contributed by atoms with E-state index in [1.54, 1.807) is 36.4 Å². The van der Waals surface area contributed by atoms with Gasteiger partial charge in [0.25, 0.3) is 0 Å². The van der Waals surface area contributed by atoms with Crippen molar-refractivity contribution in [3.05, 3.63) is 83.4 Å². The summed E-state index contributed by atoms with van der Waals surface area (Å²) in [5, 5.41) is 0. The number of ether oxygens (including phenoxy) is 1. The number of rotatable bonds is 12. The van der Waals surface area contributed by atoms with Gasteiger partial charge in [-0.3, -0.25) is 0 Å². The van der Waals surface area contributed by atoms with Gasteiger partial charge < -0.3 is 9.29 Å². The molecule has 0 heterocycles. The average molecular weight is 522 g/mol. The van der Waals surface area contributed by atoms with Crippen molar-refractivity contribution in [1.29, 1.82) is 0 Å². The molecule has 3 atom stereocenters. The number of alkyl halides is 6. The highest BCUT2D eigenvalue weighted by Gasteiger charge is 2.39. The first kappa shape index (κ1) is 29.2. The minimum atomic E-state index is -4.95. The Morgan fingerprint density at radius 3 is 2.06 bits per heavy atom. The van der Waals surface area contributed by atoms with Crippen LogP contribution in [0, 0.1) is 0 Å². The molecule has 0 aliphatic carbocycles. The van der Waals surface area contributed by atoms with Gasteiger partial charge in [0, 0.05) is 11.4 Å². The van der Waals surface area contributed by atoms with Gasteiger partial charge in [-0.25, -0.2) is 0 Å². The number of benzene rings is 2. The van der Waals surface area contributed by atoms with Crippen LogP contribution in [0.5, 0.6) is 0 Å². The lowest BCUT2D eigenvalue weighted by Crippen LogP contribution is -2.49. The number of nitrogens with one attached hydrogen (secondary N) is 1. The van der Waals surface area contributed by atoms with E-state index in [1.807, 2.05) is 6.92 Å². The second-order valence-corrected chi connectivity index (χ2v) is 9.54. The molecule has 1 unspecified atom stereocenters. The largest absolute Gasteiger partial charge is 0.598 e. The minimum Gasteiger partial charge on any atom is -0.598 e. The first-order valence-corrected chi connectivity index (χ1v) is 12.4. The fourth-order valence-corrected chi connectivity index (χ4v) is 4.86. The van der Waals surface area contributed by atoms with Crippen LogP contribution in [0.4, 0.5) is 26.3 Å². The third-order valence-corrected chi connectivity index (χ3v) is 6.75. The molecule has 10 heteroatoms. The van der Waals surface area contributed by atoms with Crippen LogP contribution in [0.15, 0.2) is 61.2 Å². The van der Waals surface area contributed by atoms with E-state index in [9.17, 15) is 30.9 Å². The molecule has 0 saturated heterocycles. The highest BCUT2D eigenvalue weighted by molar-refractivity contribution is 7.89. The molecule has 0 aliphatic rings. The number of hydrogen-bond donors (Lipinski definition) is 1. The molecule has 0 fully saturated rings. The van der Waals surface area contributed by atoms with E-state index in [-0.39, 0.29) is 24.7 Å². The average Bonchev–Trinajstić information content (AvgIpc) is 2.80. The summed E-state index contributed by atoms with van der Waals surface area (Å²) in [4.78, 5) is 0. The zero-order valence-corrected chi connectivity index (χ0v) is 20.3. The van der Waals surface area contributed by atoms with Gasteiger partial charge in [-0.2, -0.15) is 26.3 Å². The summed E-state index contributed by atoms with van der Waals surface area (Å²) >= 11 is -1.46. The zero-order chi connectivity index (χ0) is 26.3. The Balaban J connectivity index is 2.40. The van der Waals surface area contributed by atoms with Crippen molar-refractivity contribution in [2.24, 2.45) is 0 Å². The molecule has 1 N–H and O–H groups in total. The van der Waals surface area contributed by atoms with Crippen LogP contribution in [0.3, 0.4) is 0 Å². The predicted octanol–water partition coefficient (Wildman–Crippen LogP) is 7.33. The van der Waals surface area contributed by atoms with E-state index in [0.717, 1.165) is 6.42 Å². The quantitative estimate of drug-likeness (QED) is 0.181. The molecule has 0 amide bonds. The first-order chi connectivity index (χ1) is 16.3. The molecule has 0 spiro atoms. The molecule has 0 bridgehead atoms. The maximum Gasteiger partial charge on any atom is 0.416 e. The van der Waals surface area contributed by atoms with Crippen molar-refractivity contribution < 1.29 is 35.6 Å². The second-order valence-electron chi connectivity index (χ2n) is 8.24. The van der Waals surface area contributed by atoms with E-state index in [4.69, 9.17) is 4.74 Å². The van der Waals surface area contributed by atoms with Crippen LogP contribution in [-0.4, -0.2) is 16.9 Å². The third-order valence-electron chi connectivity index (χ3n) is 5.47. The Morgan fingerprint density at radius 2 is 1.57 bits per heavy atom. The van der Waals surface area contributed by atoms with Crippen LogP contribution in [0.25, 0.3) is 0 Å². The minimum absolute atomic E-state index is 0.0840. The molecule has 35 heavy (non-hydrogen) atoms. The molecule has 3 nitrogen and oxygen atoms in total. The van der Waals surface area contributed by atoms with Crippen molar-refractivity contribution >= 4 is 11.4 Å². The maximum atomic E-state index is 13.3. The first-order valence-electron chi connectivity index (χ1n) is 11.1. The normalized spacial score (nSPS) is 15.9. The van der Waals surface area contributed by atoms with Crippen molar-refractivity contribution in [3.8, 4) is 0 Å². The molecular formula is C25H29F6NO2S. The Morgan fingerprint density at radius 1 is 1.00 bits per heavy atom. The Hall–Kier alpha value is -2.01. The van der Waals surface area contributed by atoms with Gasteiger partial charge in [0.1, 0.15) is 11.3 Å². The topological polar surface area (TPSA) is 44.3 Å². The van der Waals surface area contributed by atoms with Crippen LogP contribution in [0.1, 0.15) is 61.5 Å². The van der Waals surface area contributed by atoms with Gasteiger partial charge in [-0.05, 0) is 49.1 Å². The van der Waals surface area contributed by atoms with Gasteiger partial charge in [0.15, 0.2) is 0 Å². The van der Waals surface area contributed by atoms with Gasteiger partial charge in [0.05, 0.1) is 23.8 Å². The summed E-state index contributed by atoms with van der Waals surface area (Å²) in [5.74, 6) is 0.375. The molecule has 2 aromatic rings. The van der Waals surface area contributed by atoms with E-state index in [1.165, 1.54) is 6.92 Å². The number of halogens is 6. The van der Waals surface area contributed by atoms with Crippen molar-refractivity contribution in [3.63, 3.8) is 0 Å². The third kappa shape index (κ3) is 8.27. The fraction of sp³-hybridized carbons (Fsp3) is 0.440. The summed E-state index contributed by atoms with van der Waals surface area (Å²) in [6, 6.07) is 10.3. The number of hydrogen-bond acceptors (Lipinski definition) is 3. The van der Waals surface area contributed by atoms with E-state index >= 15 is 0 Å². The lowest BCUT2D eigenvalue weighted by molar-refractivity contribution is -0.143. The second kappa shape index (κ2) is 12.3. The maximum absolute atomic E-state index is 13.3. The van der Waals surface area contributed by atoms with Crippen LogP contribution >= 0.6 is 0 Å². The van der Waals surface area contributed by atoms with Gasteiger partial charge in [-0.15, -0.1) is 11.3 Å². The molecule has 2 rings (SSSR count). The smallest absolute Gasteiger partial charge is 0.416 e. The monoisotopic (exact) mass is 521 g/mol. The van der Waals surface area contributed by atoms with Crippen molar-refractivity contribution in [1.82, 2.24) is 4.72 Å². The van der Waals surface area contributed by atoms with Crippen LogP contribution in [-0.2, 0) is 34.0 Å². The summed E-state index contributed by atoms with van der Waals surface area (Å²) in [7, 11) is 0. The Labute approximate surface area is 204 Å². The lowest BCUT2D eigenvalue weighted by atomic mass is 9.88. The summed E-state index contributed by atoms with van der Waals surface area (Å²) < 4.78 is 101. The van der Waals surface area contributed by atoms with E-state index < -0.39 is 46.5 Å². The molecule has 2 aromatic carbocycles. The standard InChI is InChI=1S/C25H29F6NO2S/c1-4-6-13-35(33)32-23(12-5-2,20-10-8-7-9-11-20)17-34-18(3)19-14-21(24(26,27)28)16-22(15-19)25(29,30)31/h5,7-11,14-16,18,32H,2,4,6,12-13,17H2,1,3H3/t18-,23-,35?/m1/s1. The van der Waals surface area contributed by atoms with Gasteiger partial charge >= 0.3 is 12.4 Å². The van der Waals surface area contributed by atoms with Gasteiger partial charge in [-0.1, -0.05) is 49.8 Å². The predicted molar refractivity (Wildman–Crippen MR) is 125 cm³/mol. The Kier molecular flexibility index (Phi) is 10.3. The van der Waals surface area contributed by atoms with E-state index in [0.29, 0.717) is 29.9 Å². The molecule has 0 aromatic heterocycles. The Bertz CT molecular complexity index is 919. The molecule has 194 valence electrons. The molecule has 0 radical (unpaired) electrons. The van der Waals surface area contributed by atoms with Gasteiger partial charge in [0.2, 0.25) is 0 Å². The SMILES string of the molecule is C=CC[C@](CO[C@H](C)c1cc(C(F)(F)F)cc(C(F)(F)F)c1)(N[S+]([O-])CCCC)c1ccccc1. The van der Waals surface area contributed by atoms with Crippen molar-refractivity contribution in [2.75, 3.05) is 12.4 Å². The van der Waals surface area contributed by atoms with E-state index in [2.05, 4.69) is 11.3 Å². The highest BCUT2D eigenvalue weighted by atomic mass is 32.2.